The molecule has 2 N–H and O–H groups in total. The second-order valence-electron chi connectivity index (χ2n) is 4.88. The Bertz CT molecular complexity index is 718. The Morgan fingerprint density at radius 3 is 2.48 bits per heavy atom. The zero-order chi connectivity index (χ0) is 16.8. The monoisotopic (exact) mass is 337 g/mol. The molecule has 0 fully saturated rings. The second-order valence-corrected chi connectivity index (χ2v) is 5.86. The van der Waals surface area contributed by atoms with Crippen molar-refractivity contribution < 1.29 is 18.5 Å². The molecule has 0 atom stereocenters. The molecule has 0 aliphatic heterocycles. The number of rotatable bonds is 6. The SMILES string of the molecule is Cc1cc(NC(=O)CSCC(=O)Nc2ccc(C)c(F)c2)no1. The molecule has 1 heterocycles. The van der Waals surface area contributed by atoms with Crippen LogP contribution in [0.15, 0.2) is 28.8 Å². The van der Waals surface area contributed by atoms with Gasteiger partial charge >= 0.3 is 0 Å². The average Bonchev–Trinajstić information content (AvgIpc) is 2.88. The summed E-state index contributed by atoms with van der Waals surface area (Å²) in [4.78, 5) is 23.4. The number of carbonyl (C=O) groups is 2. The number of halogens is 1. The highest BCUT2D eigenvalue weighted by Crippen LogP contribution is 2.14. The minimum atomic E-state index is -0.377. The van der Waals surface area contributed by atoms with Crippen molar-refractivity contribution >= 4 is 35.1 Å². The van der Waals surface area contributed by atoms with Crippen LogP contribution in [0.2, 0.25) is 0 Å². The minimum Gasteiger partial charge on any atom is -0.360 e. The van der Waals surface area contributed by atoms with E-state index in [9.17, 15) is 14.0 Å². The molecule has 0 spiro atoms. The molecule has 1 aromatic heterocycles. The van der Waals surface area contributed by atoms with Crippen molar-refractivity contribution in [2.75, 3.05) is 22.1 Å². The molecule has 0 aliphatic carbocycles. The van der Waals surface area contributed by atoms with E-state index in [1.54, 1.807) is 32.0 Å². The Morgan fingerprint density at radius 1 is 1.17 bits per heavy atom. The summed E-state index contributed by atoms with van der Waals surface area (Å²) >= 11 is 1.15. The predicted molar refractivity (Wildman–Crippen MR) is 87.0 cm³/mol. The van der Waals surface area contributed by atoms with Crippen LogP contribution in [0.25, 0.3) is 0 Å². The number of hydrogen-bond donors (Lipinski definition) is 2. The first kappa shape index (κ1) is 17.0. The van der Waals surface area contributed by atoms with Gasteiger partial charge in [0, 0.05) is 11.8 Å². The molecule has 122 valence electrons. The first-order valence-corrected chi connectivity index (χ1v) is 7.96. The van der Waals surface area contributed by atoms with Crippen LogP contribution in [-0.2, 0) is 9.59 Å². The molecule has 0 unspecified atom stereocenters. The molecule has 0 aliphatic rings. The van der Waals surface area contributed by atoms with Gasteiger partial charge < -0.3 is 15.2 Å². The van der Waals surface area contributed by atoms with E-state index >= 15 is 0 Å². The number of anilines is 2. The van der Waals surface area contributed by atoms with E-state index in [0.717, 1.165) is 11.8 Å². The highest BCUT2D eigenvalue weighted by atomic mass is 32.2. The van der Waals surface area contributed by atoms with Crippen molar-refractivity contribution in [3.63, 3.8) is 0 Å². The van der Waals surface area contributed by atoms with Crippen LogP contribution in [-0.4, -0.2) is 28.5 Å². The summed E-state index contributed by atoms with van der Waals surface area (Å²) < 4.78 is 18.2. The third kappa shape index (κ3) is 5.41. The number of nitrogens with one attached hydrogen (secondary N) is 2. The molecular weight excluding hydrogens is 321 g/mol. The van der Waals surface area contributed by atoms with Gasteiger partial charge in [0.1, 0.15) is 11.6 Å². The summed E-state index contributed by atoms with van der Waals surface area (Å²) in [6.45, 7) is 3.36. The van der Waals surface area contributed by atoms with E-state index in [2.05, 4.69) is 15.8 Å². The van der Waals surface area contributed by atoms with E-state index in [0.29, 0.717) is 22.8 Å². The van der Waals surface area contributed by atoms with E-state index < -0.39 is 0 Å². The molecule has 23 heavy (non-hydrogen) atoms. The quantitative estimate of drug-likeness (QED) is 0.847. The Morgan fingerprint density at radius 2 is 1.87 bits per heavy atom. The molecule has 2 rings (SSSR count). The van der Waals surface area contributed by atoms with Gasteiger partial charge in [-0.05, 0) is 31.5 Å². The van der Waals surface area contributed by atoms with Gasteiger partial charge in [-0.25, -0.2) is 4.39 Å². The molecule has 2 amide bonds. The van der Waals surface area contributed by atoms with Crippen molar-refractivity contribution in [1.29, 1.82) is 0 Å². The van der Waals surface area contributed by atoms with Crippen LogP contribution in [0.4, 0.5) is 15.9 Å². The fourth-order valence-corrected chi connectivity index (χ4v) is 2.33. The Balaban J connectivity index is 1.71. The zero-order valence-electron chi connectivity index (χ0n) is 12.7. The third-order valence-electron chi connectivity index (χ3n) is 2.82. The second kappa shape index (κ2) is 7.77. The Labute approximate surface area is 136 Å². The lowest BCUT2D eigenvalue weighted by atomic mass is 10.2. The van der Waals surface area contributed by atoms with Gasteiger partial charge in [0.15, 0.2) is 5.82 Å². The normalized spacial score (nSPS) is 10.4. The van der Waals surface area contributed by atoms with E-state index in [4.69, 9.17) is 4.52 Å². The molecule has 2 aromatic rings. The van der Waals surface area contributed by atoms with Gasteiger partial charge in [0.25, 0.3) is 0 Å². The summed E-state index contributed by atoms with van der Waals surface area (Å²) in [5, 5.41) is 8.77. The smallest absolute Gasteiger partial charge is 0.235 e. The third-order valence-corrected chi connectivity index (χ3v) is 3.75. The van der Waals surface area contributed by atoms with Gasteiger partial charge in [0.05, 0.1) is 11.5 Å². The molecule has 0 radical (unpaired) electrons. The zero-order valence-corrected chi connectivity index (χ0v) is 13.5. The van der Waals surface area contributed by atoms with Crippen LogP contribution in [0.5, 0.6) is 0 Å². The number of amides is 2. The summed E-state index contributed by atoms with van der Waals surface area (Å²) in [5.41, 5.74) is 0.901. The van der Waals surface area contributed by atoms with E-state index in [-0.39, 0.29) is 29.1 Å². The molecule has 0 bridgehead atoms. The fraction of sp³-hybridized carbons (Fsp3) is 0.267. The summed E-state index contributed by atoms with van der Waals surface area (Å²) in [6.07, 6.45) is 0. The summed E-state index contributed by atoms with van der Waals surface area (Å²) in [6, 6.07) is 6.07. The molecule has 8 heteroatoms. The maximum absolute atomic E-state index is 13.4. The lowest BCUT2D eigenvalue weighted by Gasteiger charge is -2.06. The molecular formula is C15H16FN3O3S. The summed E-state index contributed by atoms with van der Waals surface area (Å²) in [7, 11) is 0. The summed E-state index contributed by atoms with van der Waals surface area (Å²) in [5.74, 6) is 0.159. The lowest BCUT2D eigenvalue weighted by molar-refractivity contribution is -0.114. The topological polar surface area (TPSA) is 84.2 Å². The average molecular weight is 337 g/mol. The highest BCUT2D eigenvalue weighted by molar-refractivity contribution is 8.00. The molecule has 6 nitrogen and oxygen atoms in total. The Hall–Kier alpha value is -2.35. The number of benzene rings is 1. The van der Waals surface area contributed by atoms with Crippen molar-refractivity contribution in [2.24, 2.45) is 0 Å². The lowest BCUT2D eigenvalue weighted by Crippen LogP contribution is -2.18. The molecule has 1 aromatic carbocycles. The number of carbonyl (C=O) groups excluding carboxylic acids is 2. The number of nitrogens with zero attached hydrogens (tertiary/aromatic N) is 1. The fourth-order valence-electron chi connectivity index (χ4n) is 1.71. The molecule has 0 saturated heterocycles. The van der Waals surface area contributed by atoms with Crippen molar-refractivity contribution in [3.8, 4) is 0 Å². The minimum absolute atomic E-state index is 0.0841. The first-order chi connectivity index (χ1) is 10.9. The van der Waals surface area contributed by atoms with Crippen LogP contribution in [0.1, 0.15) is 11.3 Å². The highest BCUT2D eigenvalue weighted by Gasteiger charge is 2.09. The van der Waals surface area contributed by atoms with Crippen LogP contribution in [0, 0.1) is 19.7 Å². The van der Waals surface area contributed by atoms with E-state index in [1.165, 1.54) is 6.07 Å². The van der Waals surface area contributed by atoms with E-state index in [1.807, 2.05) is 0 Å². The van der Waals surface area contributed by atoms with Gasteiger partial charge in [-0.15, -0.1) is 11.8 Å². The standard InChI is InChI=1S/C15H16FN3O3S/c1-9-3-4-11(6-12(9)16)17-14(20)7-23-8-15(21)18-13-5-10(2)22-19-13/h3-6H,7-8H2,1-2H3,(H,17,20)(H,18,19,21). The van der Waals surface area contributed by atoms with Crippen molar-refractivity contribution in [2.45, 2.75) is 13.8 Å². The van der Waals surface area contributed by atoms with Crippen molar-refractivity contribution in [3.05, 3.63) is 41.4 Å². The predicted octanol–water partition coefficient (Wildman–Crippen LogP) is 2.74. The largest absolute Gasteiger partial charge is 0.360 e. The van der Waals surface area contributed by atoms with Gasteiger partial charge in [-0.1, -0.05) is 11.2 Å². The first-order valence-electron chi connectivity index (χ1n) is 6.81. The van der Waals surface area contributed by atoms with Crippen LogP contribution >= 0.6 is 11.8 Å². The Kier molecular flexibility index (Phi) is 5.75. The number of aromatic nitrogens is 1. The maximum Gasteiger partial charge on any atom is 0.235 e. The van der Waals surface area contributed by atoms with Crippen LogP contribution < -0.4 is 10.6 Å². The van der Waals surface area contributed by atoms with Crippen LogP contribution in [0.3, 0.4) is 0 Å². The number of hydrogen-bond acceptors (Lipinski definition) is 5. The number of thioether (sulfide) groups is 1. The van der Waals surface area contributed by atoms with Gasteiger partial charge in [-0.3, -0.25) is 9.59 Å². The van der Waals surface area contributed by atoms with Gasteiger partial charge in [0.2, 0.25) is 11.8 Å². The number of aryl methyl sites for hydroxylation is 2. The van der Waals surface area contributed by atoms with Gasteiger partial charge in [-0.2, -0.15) is 0 Å². The molecule has 0 saturated carbocycles. The maximum atomic E-state index is 13.4. The van der Waals surface area contributed by atoms with Crippen molar-refractivity contribution in [1.82, 2.24) is 5.16 Å².